The molecular weight excluding hydrogens is 376 g/mol. The van der Waals surface area contributed by atoms with Crippen molar-refractivity contribution in [1.82, 2.24) is 9.29 Å². The number of nitrogens with one attached hydrogen (secondary N) is 1. The number of aromatic nitrogens is 1. The molecule has 136 valence electrons. The van der Waals surface area contributed by atoms with Gasteiger partial charge < -0.3 is 9.72 Å². The Kier molecular flexibility index (Phi) is 4.93. The first kappa shape index (κ1) is 18.3. The van der Waals surface area contributed by atoms with E-state index in [1.807, 2.05) is 0 Å². The van der Waals surface area contributed by atoms with Crippen LogP contribution in [0.25, 0.3) is 5.57 Å². The lowest BCUT2D eigenvalue weighted by Gasteiger charge is -2.31. The van der Waals surface area contributed by atoms with Crippen molar-refractivity contribution in [2.45, 2.75) is 11.8 Å². The highest BCUT2D eigenvalue weighted by atomic mass is 35.5. The van der Waals surface area contributed by atoms with Crippen LogP contribution in [0.2, 0.25) is 0 Å². The molecule has 0 amide bonds. The summed E-state index contributed by atoms with van der Waals surface area (Å²) in [7, 11) is -2.63. The van der Waals surface area contributed by atoms with Gasteiger partial charge in [-0.3, -0.25) is 4.31 Å². The Labute approximate surface area is 156 Å². The van der Waals surface area contributed by atoms with E-state index < -0.39 is 16.0 Å². The second-order valence-electron chi connectivity index (χ2n) is 5.64. The van der Waals surface area contributed by atoms with Crippen LogP contribution in [0, 0.1) is 0 Å². The van der Waals surface area contributed by atoms with Gasteiger partial charge in [0.25, 0.3) is 10.0 Å². The molecule has 2 aromatic rings. The Bertz CT molecular complexity index is 993. The highest BCUT2D eigenvalue weighted by molar-refractivity contribution is 7.89. The van der Waals surface area contributed by atoms with E-state index in [1.165, 1.54) is 19.2 Å². The number of methoxy groups -OCH3 is 1. The van der Waals surface area contributed by atoms with Gasteiger partial charge in [0.05, 0.1) is 24.1 Å². The highest BCUT2D eigenvalue weighted by Crippen LogP contribution is 2.38. The third-order valence-corrected chi connectivity index (χ3v) is 6.29. The van der Waals surface area contributed by atoms with Gasteiger partial charge in [0.1, 0.15) is 0 Å². The molecule has 1 aliphatic heterocycles. The zero-order chi connectivity index (χ0) is 18.9. The molecule has 0 aliphatic carbocycles. The van der Waals surface area contributed by atoms with E-state index in [-0.39, 0.29) is 27.7 Å². The van der Waals surface area contributed by atoms with Crippen molar-refractivity contribution in [1.29, 1.82) is 0 Å². The molecule has 0 radical (unpaired) electrons. The second-order valence-corrected chi connectivity index (χ2v) is 7.96. The summed E-state index contributed by atoms with van der Waals surface area (Å²) in [6, 6.07) is 11.5. The quantitative estimate of drug-likeness (QED) is 0.811. The second kappa shape index (κ2) is 7.01. The van der Waals surface area contributed by atoms with Gasteiger partial charge in [-0.15, -0.1) is 0 Å². The third kappa shape index (κ3) is 3.04. The maximum absolute atomic E-state index is 13.0. The number of benzene rings is 1. The Morgan fingerprint density at radius 3 is 2.46 bits per heavy atom. The molecule has 0 fully saturated rings. The van der Waals surface area contributed by atoms with E-state index >= 15 is 0 Å². The molecule has 1 aromatic carbocycles. The zero-order valence-electron chi connectivity index (χ0n) is 14.2. The molecule has 0 bridgehead atoms. The van der Waals surface area contributed by atoms with Crippen molar-refractivity contribution in [3.05, 3.63) is 70.7 Å². The summed E-state index contributed by atoms with van der Waals surface area (Å²) < 4.78 is 32.1. The average molecular weight is 393 g/mol. The lowest BCUT2D eigenvalue weighted by atomic mass is 9.98. The standard InChI is InChI=1S/C18H17ClN2O4S/c1-12-16(18(22)25-2)17(15-9-6-10-20-15)14(19)11-21(12)26(23,24)13-7-4-3-5-8-13/h3-10,20H,11H2,1-2H3. The number of hydrogen-bond acceptors (Lipinski definition) is 4. The number of halogens is 1. The monoisotopic (exact) mass is 392 g/mol. The molecule has 0 atom stereocenters. The predicted octanol–water partition coefficient (Wildman–Crippen LogP) is 3.12. The van der Waals surface area contributed by atoms with Crippen molar-refractivity contribution in [2.75, 3.05) is 13.7 Å². The van der Waals surface area contributed by atoms with Crippen LogP contribution in [-0.2, 0) is 19.6 Å². The molecule has 0 saturated carbocycles. The fourth-order valence-electron chi connectivity index (χ4n) is 2.87. The Morgan fingerprint density at radius 1 is 1.19 bits per heavy atom. The number of aromatic amines is 1. The molecule has 0 saturated heterocycles. The van der Waals surface area contributed by atoms with Crippen molar-refractivity contribution in [3.8, 4) is 0 Å². The number of rotatable bonds is 4. The first-order valence-corrected chi connectivity index (χ1v) is 9.59. The number of carbonyl (C=O) groups is 1. The first-order valence-electron chi connectivity index (χ1n) is 7.77. The summed E-state index contributed by atoms with van der Waals surface area (Å²) in [6.07, 6.45) is 1.70. The lowest BCUT2D eigenvalue weighted by Crippen LogP contribution is -2.35. The fraction of sp³-hybridized carbons (Fsp3) is 0.167. The molecule has 1 N–H and O–H groups in total. The summed E-state index contributed by atoms with van der Waals surface area (Å²) in [6.45, 7) is 1.50. The molecule has 8 heteroatoms. The molecule has 2 heterocycles. The van der Waals surface area contributed by atoms with Gasteiger partial charge in [-0.1, -0.05) is 29.8 Å². The van der Waals surface area contributed by atoms with Gasteiger partial charge in [0.15, 0.2) is 0 Å². The van der Waals surface area contributed by atoms with Gasteiger partial charge in [0.2, 0.25) is 0 Å². The van der Waals surface area contributed by atoms with Crippen LogP contribution in [0.1, 0.15) is 12.6 Å². The van der Waals surface area contributed by atoms with E-state index in [4.69, 9.17) is 16.3 Å². The first-order chi connectivity index (χ1) is 12.4. The number of ether oxygens (including phenoxy) is 1. The molecule has 1 aliphatic rings. The number of nitrogens with zero attached hydrogens (tertiary/aromatic N) is 1. The molecule has 1 aromatic heterocycles. The molecule has 0 spiro atoms. The van der Waals surface area contributed by atoms with E-state index in [0.29, 0.717) is 11.3 Å². The fourth-order valence-corrected chi connectivity index (χ4v) is 4.76. The van der Waals surface area contributed by atoms with E-state index in [1.54, 1.807) is 43.5 Å². The van der Waals surface area contributed by atoms with Crippen LogP contribution in [0.15, 0.2) is 69.9 Å². The molecule has 3 rings (SSSR count). The van der Waals surface area contributed by atoms with Crippen molar-refractivity contribution >= 4 is 33.2 Å². The summed E-state index contributed by atoms with van der Waals surface area (Å²) in [5.74, 6) is -0.654. The van der Waals surface area contributed by atoms with Crippen LogP contribution >= 0.6 is 11.6 Å². The number of carbonyl (C=O) groups excluding carboxylic acids is 1. The highest BCUT2D eigenvalue weighted by Gasteiger charge is 2.36. The smallest absolute Gasteiger partial charge is 0.340 e. The molecule has 26 heavy (non-hydrogen) atoms. The van der Waals surface area contributed by atoms with Crippen LogP contribution in [-0.4, -0.2) is 37.3 Å². The van der Waals surface area contributed by atoms with Crippen LogP contribution in [0.3, 0.4) is 0 Å². The van der Waals surface area contributed by atoms with Crippen molar-refractivity contribution in [2.24, 2.45) is 0 Å². The van der Waals surface area contributed by atoms with Gasteiger partial charge in [-0.05, 0) is 31.2 Å². The van der Waals surface area contributed by atoms with Gasteiger partial charge >= 0.3 is 5.97 Å². The molecule has 6 nitrogen and oxygen atoms in total. The summed E-state index contributed by atoms with van der Waals surface area (Å²) in [5.41, 5.74) is 1.44. The van der Waals surface area contributed by atoms with E-state index in [0.717, 1.165) is 4.31 Å². The maximum atomic E-state index is 13.0. The average Bonchev–Trinajstić information content (AvgIpc) is 3.17. The number of hydrogen-bond donors (Lipinski definition) is 1. The summed E-state index contributed by atoms with van der Waals surface area (Å²) >= 11 is 6.44. The zero-order valence-corrected chi connectivity index (χ0v) is 15.8. The number of H-pyrrole nitrogens is 1. The molecular formula is C18H17ClN2O4S. The Balaban J connectivity index is 2.18. The van der Waals surface area contributed by atoms with Gasteiger partial charge in [0, 0.05) is 28.2 Å². The van der Waals surface area contributed by atoms with Crippen molar-refractivity contribution in [3.63, 3.8) is 0 Å². The topological polar surface area (TPSA) is 79.5 Å². The number of esters is 1. The van der Waals surface area contributed by atoms with E-state index in [2.05, 4.69) is 4.98 Å². The normalized spacial score (nSPS) is 15.4. The largest absolute Gasteiger partial charge is 0.465 e. The number of sulfonamides is 1. The number of allylic oxidation sites excluding steroid dienone is 1. The Morgan fingerprint density at radius 2 is 1.88 bits per heavy atom. The molecule has 0 unspecified atom stereocenters. The Hall–Kier alpha value is -2.51. The minimum Gasteiger partial charge on any atom is -0.465 e. The minimum absolute atomic E-state index is 0.0700. The van der Waals surface area contributed by atoms with Crippen molar-refractivity contribution < 1.29 is 17.9 Å². The summed E-state index contributed by atoms with van der Waals surface area (Å²) in [4.78, 5) is 15.6. The van der Waals surface area contributed by atoms with Crippen LogP contribution in [0.4, 0.5) is 0 Å². The van der Waals surface area contributed by atoms with Crippen LogP contribution < -0.4 is 0 Å². The predicted molar refractivity (Wildman–Crippen MR) is 98.6 cm³/mol. The van der Waals surface area contributed by atoms with Gasteiger partial charge in [-0.2, -0.15) is 0 Å². The van der Waals surface area contributed by atoms with E-state index in [9.17, 15) is 13.2 Å². The maximum Gasteiger partial charge on any atom is 0.340 e. The third-order valence-electron chi connectivity index (χ3n) is 4.13. The minimum atomic E-state index is -3.87. The SMILES string of the molecule is COC(=O)C1=C(C)N(S(=O)(=O)c2ccccc2)CC(Cl)=C1c1ccc[nH]1. The van der Waals surface area contributed by atoms with Crippen LogP contribution in [0.5, 0.6) is 0 Å². The summed E-state index contributed by atoms with van der Waals surface area (Å²) in [5, 5.41) is 0.234. The van der Waals surface area contributed by atoms with Gasteiger partial charge in [-0.25, -0.2) is 13.2 Å². The lowest BCUT2D eigenvalue weighted by molar-refractivity contribution is -0.135.